The number of hydrogen-bond donors (Lipinski definition) is 1. The van der Waals surface area contributed by atoms with Crippen molar-refractivity contribution < 1.29 is 14.3 Å². The molecule has 0 saturated carbocycles. The number of hydrogen-bond acceptors (Lipinski definition) is 5. The Bertz CT molecular complexity index is 1460. The van der Waals surface area contributed by atoms with E-state index in [1.807, 2.05) is 66.2 Å². The largest absolute Gasteiger partial charge is 0.497 e. The Kier molecular flexibility index (Phi) is 5.66. The number of aryl methyl sites for hydroxylation is 1. The minimum atomic E-state index is -0.301. The molecule has 1 N–H and O–H groups in total. The molecule has 0 spiro atoms. The summed E-state index contributed by atoms with van der Waals surface area (Å²) in [4.78, 5) is 22.0. The Morgan fingerprint density at radius 2 is 1.85 bits per heavy atom. The highest BCUT2D eigenvalue weighted by atomic mass is 16.5. The van der Waals surface area contributed by atoms with Crippen LogP contribution in [-0.2, 0) is 0 Å². The third-order valence-electron chi connectivity index (χ3n) is 5.40. The number of amides is 1. The zero-order chi connectivity index (χ0) is 23.5. The van der Waals surface area contributed by atoms with Gasteiger partial charge in [0, 0.05) is 42.0 Å². The first-order chi connectivity index (χ1) is 16.6. The molecule has 1 amide bonds. The van der Waals surface area contributed by atoms with Gasteiger partial charge in [0.25, 0.3) is 5.91 Å². The highest BCUT2D eigenvalue weighted by Gasteiger charge is 2.16. The fourth-order valence-corrected chi connectivity index (χ4v) is 3.64. The van der Waals surface area contributed by atoms with Crippen LogP contribution >= 0.6 is 0 Å². The van der Waals surface area contributed by atoms with Gasteiger partial charge in [-0.15, -0.1) is 0 Å². The monoisotopic (exact) mass is 450 g/mol. The predicted octanol–water partition coefficient (Wildman–Crippen LogP) is 5.76. The first-order valence-corrected chi connectivity index (χ1v) is 10.7. The topological polar surface area (TPSA) is 77.8 Å². The third kappa shape index (κ3) is 4.31. The summed E-state index contributed by atoms with van der Waals surface area (Å²) in [5.41, 5.74) is 4.90. The maximum Gasteiger partial charge on any atom is 0.259 e. The summed E-state index contributed by atoms with van der Waals surface area (Å²) in [6.45, 7) is 2.04. The van der Waals surface area contributed by atoms with Crippen LogP contribution in [0.5, 0.6) is 17.4 Å². The van der Waals surface area contributed by atoms with Crippen LogP contribution < -0.4 is 14.8 Å². The number of carbonyl (C=O) groups is 1. The molecule has 5 aromatic rings. The van der Waals surface area contributed by atoms with Gasteiger partial charge in [-0.3, -0.25) is 4.79 Å². The van der Waals surface area contributed by atoms with E-state index in [4.69, 9.17) is 14.5 Å². The van der Waals surface area contributed by atoms with Gasteiger partial charge in [0.2, 0.25) is 5.88 Å². The number of carbonyl (C=O) groups excluding carboxylic acids is 1. The van der Waals surface area contributed by atoms with Gasteiger partial charge in [0.1, 0.15) is 17.1 Å². The van der Waals surface area contributed by atoms with E-state index >= 15 is 0 Å². The number of nitrogens with one attached hydrogen (secondary N) is 1. The average molecular weight is 450 g/mol. The molecule has 0 atom stereocenters. The summed E-state index contributed by atoms with van der Waals surface area (Å²) in [6, 6.07) is 22.0. The maximum absolute atomic E-state index is 13.1. The smallest absolute Gasteiger partial charge is 0.259 e. The summed E-state index contributed by atoms with van der Waals surface area (Å²) in [5.74, 6) is 1.02. The number of aromatic nitrogens is 3. The minimum Gasteiger partial charge on any atom is -0.497 e. The first-order valence-electron chi connectivity index (χ1n) is 10.7. The molecule has 0 bridgehead atoms. The number of rotatable bonds is 6. The zero-order valence-electron chi connectivity index (χ0n) is 18.7. The SMILES string of the molecule is COc1ccc(C(=O)Nc2ccc(-c3cn4cccc(C)c4n3)cc2)c(Oc2ccccn2)c1. The molecule has 7 heteroatoms. The van der Waals surface area contributed by atoms with E-state index < -0.39 is 0 Å². The molecule has 0 aliphatic carbocycles. The van der Waals surface area contributed by atoms with E-state index in [1.54, 1.807) is 43.6 Å². The van der Waals surface area contributed by atoms with E-state index in [0.29, 0.717) is 28.6 Å². The van der Waals surface area contributed by atoms with Gasteiger partial charge in [-0.2, -0.15) is 0 Å². The predicted molar refractivity (Wildman–Crippen MR) is 131 cm³/mol. The number of benzene rings is 2. The zero-order valence-corrected chi connectivity index (χ0v) is 18.7. The van der Waals surface area contributed by atoms with Crippen molar-refractivity contribution in [3.8, 4) is 28.6 Å². The van der Waals surface area contributed by atoms with Crippen molar-refractivity contribution in [1.82, 2.24) is 14.4 Å². The van der Waals surface area contributed by atoms with Crippen molar-refractivity contribution in [2.75, 3.05) is 12.4 Å². The molecular weight excluding hydrogens is 428 g/mol. The van der Waals surface area contributed by atoms with Crippen molar-refractivity contribution in [2.45, 2.75) is 6.92 Å². The Hall–Kier alpha value is -4.65. The fourth-order valence-electron chi connectivity index (χ4n) is 3.64. The van der Waals surface area contributed by atoms with Crippen LogP contribution in [0, 0.1) is 6.92 Å². The summed E-state index contributed by atoms with van der Waals surface area (Å²) in [5, 5.41) is 2.93. The van der Waals surface area contributed by atoms with Crippen LogP contribution in [0.1, 0.15) is 15.9 Å². The van der Waals surface area contributed by atoms with E-state index in [0.717, 1.165) is 22.5 Å². The molecule has 34 heavy (non-hydrogen) atoms. The lowest BCUT2D eigenvalue weighted by Gasteiger charge is -2.12. The summed E-state index contributed by atoms with van der Waals surface area (Å²) in [6.07, 6.45) is 5.60. The summed E-state index contributed by atoms with van der Waals surface area (Å²) < 4.78 is 13.2. The molecule has 3 aromatic heterocycles. The molecule has 0 aliphatic heterocycles. The Morgan fingerprint density at radius 3 is 2.59 bits per heavy atom. The molecule has 168 valence electrons. The highest BCUT2D eigenvalue weighted by molar-refractivity contribution is 6.06. The van der Waals surface area contributed by atoms with Gasteiger partial charge >= 0.3 is 0 Å². The second-order valence-electron chi connectivity index (χ2n) is 7.71. The Morgan fingerprint density at radius 1 is 1.00 bits per heavy atom. The maximum atomic E-state index is 13.1. The average Bonchev–Trinajstić information content (AvgIpc) is 3.31. The van der Waals surface area contributed by atoms with Crippen LogP contribution in [0.15, 0.2) is 91.4 Å². The van der Waals surface area contributed by atoms with E-state index in [2.05, 4.69) is 10.3 Å². The molecule has 0 fully saturated rings. The lowest BCUT2D eigenvalue weighted by atomic mass is 10.1. The summed E-state index contributed by atoms with van der Waals surface area (Å²) >= 11 is 0. The number of nitrogens with zero attached hydrogens (tertiary/aromatic N) is 3. The third-order valence-corrected chi connectivity index (χ3v) is 5.40. The van der Waals surface area contributed by atoms with Crippen molar-refractivity contribution in [2.24, 2.45) is 0 Å². The van der Waals surface area contributed by atoms with E-state index in [9.17, 15) is 4.79 Å². The molecule has 0 saturated heterocycles. The van der Waals surface area contributed by atoms with Crippen LogP contribution in [0.4, 0.5) is 5.69 Å². The van der Waals surface area contributed by atoms with Crippen LogP contribution in [0.2, 0.25) is 0 Å². The molecule has 3 heterocycles. The van der Waals surface area contributed by atoms with Crippen molar-refractivity contribution in [3.63, 3.8) is 0 Å². The van der Waals surface area contributed by atoms with Gasteiger partial charge in [0.05, 0.1) is 18.4 Å². The Balaban J connectivity index is 1.37. The minimum absolute atomic E-state index is 0.301. The molecule has 2 aromatic carbocycles. The molecule has 0 aliphatic rings. The van der Waals surface area contributed by atoms with Crippen LogP contribution in [0.25, 0.3) is 16.9 Å². The van der Waals surface area contributed by atoms with Crippen molar-refractivity contribution in [3.05, 3.63) is 103 Å². The second kappa shape index (κ2) is 9.07. The van der Waals surface area contributed by atoms with Gasteiger partial charge < -0.3 is 19.2 Å². The van der Waals surface area contributed by atoms with Gasteiger partial charge in [-0.1, -0.05) is 24.3 Å². The number of pyridine rings is 2. The fraction of sp³-hybridized carbons (Fsp3) is 0.0741. The normalized spacial score (nSPS) is 10.8. The molecular formula is C27H22N4O3. The van der Waals surface area contributed by atoms with Crippen LogP contribution in [-0.4, -0.2) is 27.4 Å². The van der Waals surface area contributed by atoms with Crippen molar-refractivity contribution >= 4 is 17.2 Å². The number of fused-ring (bicyclic) bond motifs is 1. The van der Waals surface area contributed by atoms with Gasteiger partial charge in [-0.05, 0) is 48.9 Å². The molecule has 0 radical (unpaired) electrons. The summed E-state index contributed by atoms with van der Waals surface area (Å²) in [7, 11) is 1.56. The number of methoxy groups -OCH3 is 1. The Labute approximate surface area is 196 Å². The lowest BCUT2D eigenvalue weighted by molar-refractivity contribution is 0.102. The number of ether oxygens (including phenoxy) is 2. The van der Waals surface area contributed by atoms with Crippen molar-refractivity contribution in [1.29, 1.82) is 0 Å². The second-order valence-corrected chi connectivity index (χ2v) is 7.71. The van der Waals surface area contributed by atoms with Gasteiger partial charge in [-0.25, -0.2) is 9.97 Å². The van der Waals surface area contributed by atoms with E-state index in [1.165, 1.54) is 0 Å². The number of anilines is 1. The standard InChI is InChI=1S/C27H22N4O3/c1-18-6-5-15-31-17-23(30-26(18)31)19-8-10-20(11-9-19)29-27(32)22-13-12-21(33-2)16-24(22)34-25-7-3-4-14-28-25/h3-17H,1-2H3,(H,29,32). The van der Waals surface area contributed by atoms with Crippen LogP contribution in [0.3, 0.4) is 0 Å². The van der Waals surface area contributed by atoms with Gasteiger partial charge in [0.15, 0.2) is 0 Å². The number of imidazole rings is 1. The molecule has 7 nitrogen and oxygen atoms in total. The molecule has 5 rings (SSSR count). The highest BCUT2D eigenvalue weighted by Crippen LogP contribution is 2.30. The molecule has 0 unspecified atom stereocenters. The quantitative estimate of drug-likeness (QED) is 0.356. The first kappa shape index (κ1) is 21.2. The lowest BCUT2D eigenvalue weighted by Crippen LogP contribution is -2.13. The van der Waals surface area contributed by atoms with E-state index in [-0.39, 0.29) is 5.91 Å².